The van der Waals surface area contributed by atoms with Crippen LogP contribution in [0.2, 0.25) is 0 Å². The third-order valence-electron chi connectivity index (χ3n) is 18.5. The Labute approximate surface area is 547 Å². The monoisotopic (exact) mass is 1200 g/mol. The summed E-state index contributed by atoms with van der Waals surface area (Å²) in [5, 5.41) is 12.3. The van der Waals surface area contributed by atoms with Gasteiger partial charge in [0.1, 0.15) is 0 Å². The van der Waals surface area contributed by atoms with E-state index in [1.807, 2.05) is 60.7 Å². The van der Waals surface area contributed by atoms with Gasteiger partial charge in [0.15, 0.2) is 17.5 Å². The molecule has 0 aliphatic heterocycles. The van der Waals surface area contributed by atoms with Gasteiger partial charge in [-0.05, 0) is 169 Å². The summed E-state index contributed by atoms with van der Waals surface area (Å²) in [6.07, 6.45) is 10.1. The maximum atomic E-state index is 9.95. The third-order valence-corrected chi connectivity index (χ3v) is 18.5. The second-order valence-electron chi connectivity index (χ2n) is 25.0. The Kier molecular flexibility index (Phi) is 17.4. The van der Waals surface area contributed by atoms with Crippen molar-refractivity contribution in [3.63, 3.8) is 0 Å². The largest absolute Gasteiger partial charge is 0.345 e. The van der Waals surface area contributed by atoms with Gasteiger partial charge in [0.05, 0.1) is 22.7 Å². The van der Waals surface area contributed by atoms with Gasteiger partial charge in [-0.25, -0.2) is 15.0 Å². The van der Waals surface area contributed by atoms with Crippen LogP contribution in [0, 0.1) is 50.9 Å². The van der Waals surface area contributed by atoms with Crippen molar-refractivity contribution < 1.29 is 0 Å². The first-order valence-electron chi connectivity index (χ1n) is 32.1. The minimum Gasteiger partial charge on any atom is -0.345 e. The van der Waals surface area contributed by atoms with E-state index in [0.717, 1.165) is 95.4 Å². The van der Waals surface area contributed by atoms with Gasteiger partial charge in [-0.15, -0.1) is 0 Å². The molecule has 93 heavy (non-hydrogen) atoms. The van der Waals surface area contributed by atoms with Crippen LogP contribution < -0.4 is 4.90 Å². The van der Waals surface area contributed by atoms with Crippen LogP contribution >= 0.6 is 0 Å². The number of hydrogen-bond acceptors (Lipinski definition) is 5. The number of benzene rings is 11. The van der Waals surface area contributed by atoms with E-state index >= 15 is 0 Å². The number of allylic oxidation sites excluding steroid dienone is 3. The lowest BCUT2D eigenvalue weighted by molar-refractivity contribution is 0.360. The number of nitriles is 1. The SMILES string of the molecule is C=C(/C=C\[C@H](c1ccc(C)cc1)[C@@H](C)C(C)C/C=C/c1ccc(C)cc1)N(C)c1ccc(-c2ccc(C#N)cc2)cc1-c1cc(-n2c3ccc(-c4ccc(C)cc4)cc3c3cc(-c4ccc(C)cc4)ccc32)ccc1-c1nc(-c2ccccc2)nc(-c2ccccc2)n1. The van der Waals surface area contributed by atoms with Gasteiger partial charge in [0, 0.05) is 63.1 Å². The molecule has 0 fully saturated rings. The molecule has 0 aliphatic rings. The zero-order valence-corrected chi connectivity index (χ0v) is 53.9. The molecule has 13 rings (SSSR count). The minimum absolute atomic E-state index is 0.105. The Hall–Kier alpha value is -11.3. The van der Waals surface area contributed by atoms with Crippen LogP contribution in [0.3, 0.4) is 0 Å². The van der Waals surface area contributed by atoms with Crippen LogP contribution in [0.15, 0.2) is 285 Å². The van der Waals surface area contributed by atoms with E-state index in [1.54, 1.807) is 0 Å². The number of rotatable bonds is 18. The summed E-state index contributed by atoms with van der Waals surface area (Å²) < 4.78 is 2.41. The summed E-state index contributed by atoms with van der Waals surface area (Å²) in [6.45, 7) is 18.2. The van der Waals surface area contributed by atoms with Crippen molar-refractivity contribution in [1.29, 1.82) is 5.26 Å². The molecule has 3 atom stereocenters. The highest BCUT2D eigenvalue weighted by atomic mass is 15.1. The number of hydrogen-bond donors (Lipinski definition) is 0. The molecule has 0 radical (unpaired) electrons. The molecule has 0 saturated heterocycles. The summed E-state index contributed by atoms with van der Waals surface area (Å²) >= 11 is 0. The summed E-state index contributed by atoms with van der Waals surface area (Å²) in [6, 6.07) is 93.0. The second-order valence-corrected chi connectivity index (χ2v) is 25.0. The summed E-state index contributed by atoms with van der Waals surface area (Å²) in [7, 11) is 2.12. The molecular formula is C87H74N6. The molecule has 0 saturated carbocycles. The van der Waals surface area contributed by atoms with Crippen molar-refractivity contribution in [3.05, 3.63) is 324 Å². The first-order valence-corrected chi connectivity index (χ1v) is 32.1. The van der Waals surface area contributed by atoms with E-state index in [9.17, 15) is 5.26 Å². The molecule has 0 bridgehead atoms. The Morgan fingerprint density at radius 1 is 0.484 bits per heavy atom. The molecule has 0 N–H and O–H groups in total. The molecule has 452 valence electrons. The second kappa shape index (κ2) is 26.7. The number of anilines is 1. The van der Waals surface area contributed by atoms with Crippen molar-refractivity contribution in [2.24, 2.45) is 11.8 Å². The van der Waals surface area contributed by atoms with E-state index in [1.165, 1.54) is 44.5 Å². The quantitative estimate of drug-likeness (QED) is 0.0801. The zero-order valence-electron chi connectivity index (χ0n) is 53.9. The summed E-state index contributed by atoms with van der Waals surface area (Å²) in [5.41, 5.74) is 23.9. The average molecular weight is 1200 g/mol. The molecular weight excluding hydrogens is 1130 g/mol. The molecule has 11 aromatic carbocycles. The predicted octanol–water partition coefficient (Wildman–Crippen LogP) is 22.4. The highest BCUT2D eigenvalue weighted by Gasteiger charge is 2.25. The first kappa shape index (κ1) is 60.6. The van der Waals surface area contributed by atoms with Gasteiger partial charge in [-0.2, -0.15) is 5.26 Å². The van der Waals surface area contributed by atoms with Crippen LogP contribution in [0.1, 0.15) is 65.1 Å². The van der Waals surface area contributed by atoms with Crippen LogP contribution in [0.5, 0.6) is 0 Å². The summed E-state index contributed by atoms with van der Waals surface area (Å²) in [4.78, 5) is 18.2. The lowest BCUT2D eigenvalue weighted by Gasteiger charge is -2.28. The standard InChI is InChI=1S/C87H74N6/c1-57-22-31-64(32-23-57)17-15-16-61(5)63(7)76(69-39-28-60(4)29-40-69)47-30-62(6)92(8)82-49-43-72(68-41-33-65(56-88)34-42-68)52-79(82)78-55-75(46-48-77(78)87-90-85(70-18-11-9-12-19-70)89-86(91-87)71-20-13-10-14-21-71)93-83-50-44-73(66-35-24-58(2)25-36-66)53-80(83)81-54-74(45-51-84(81)93)67-37-26-59(3)27-38-67/h9-15,17-55,61,63,76H,6,16H2,1-5,7-8H3/b17-15+,47-30-/t61?,63-,76-/m0/s1. The van der Waals surface area contributed by atoms with E-state index in [4.69, 9.17) is 21.5 Å². The predicted molar refractivity (Wildman–Crippen MR) is 390 cm³/mol. The molecule has 2 heterocycles. The number of likely N-dealkylation sites (N-methyl/N-ethyl adjacent to an activating group) is 1. The van der Waals surface area contributed by atoms with Crippen LogP contribution in [0.4, 0.5) is 5.69 Å². The summed E-state index contributed by atoms with van der Waals surface area (Å²) in [5.74, 6) is 2.45. The molecule has 6 heteroatoms. The van der Waals surface area contributed by atoms with Gasteiger partial charge in [0.25, 0.3) is 0 Å². The molecule has 0 spiro atoms. The smallest absolute Gasteiger partial charge is 0.164 e. The van der Waals surface area contributed by atoms with E-state index < -0.39 is 0 Å². The Morgan fingerprint density at radius 2 is 0.957 bits per heavy atom. The number of nitrogens with zero attached hydrogens (tertiary/aromatic N) is 6. The van der Waals surface area contributed by atoms with Gasteiger partial charge >= 0.3 is 0 Å². The normalized spacial score (nSPS) is 12.5. The Morgan fingerprint density at radius 3 is 1.49 bits per heavy atom. The third kappa shape index (κ3) is 13.1. The molecule has 0 amide bonds. The molecule has 13 aromatic rings. The maximum absolute atomic E-state index is 9.95. The van der Waals surface area contributed by atoms with E-state index in [-0.39, 0.29) is 5.92 Å². The fourth-order valence-corrected chi connectivity index (χ4v) is 12.7. The van der Waals surface area contributed by atoms with E-state index in [2.05, 4.69) is 283 Å². The van der Waals surface area contributed by atoms with Crippen molar-refractivity contribution in [1.82, 2.24) is 19.5 Å². The highest BCUT2D eigenvalue weighted by molar-refractivity contribution is 6.12. The van der Waals surface area contributed by atoms with Crippen LogP contribution in [-0.4, -0.2) is 26.6 Å². The van der Waals surface area contributed by atoms with E-state index in [0.29, 0.717) is 34.9 Å². The fourth-order valence-electron chi connectivity index (χ4n) is 12.7. The lowest BCUT2D eigenvalue weighted by Crippen LogP contribution is -2.18. The van der Waals surface area contributed by atoms with Crippen molar-refractivity contribution in [2.75, 3.05) is 11.9 Å². The van der Waals surface area contributed by atoms with Crippen molar-refractivity contribution in [2.45, 2.75) is 53.9 Å². The molecule has 0 aliphatic carbocycles. The molecule has 2 aromatic heterocycles. The topological polar surface area (TPSA) is 70.6 Å². The van der Waals surface area contributed by atoms with Crippen LogP contribution in [-0.2, 0) is 0 Å². The van der Waals surface area contributed by atoms with Crippen molar-refractivity contribution in [3.8, 4) is 90.4 Å². The van der Waals surface area contributed by atoms with Gasteiger partial charge in [0.2, 0.25) is 0 Å². The van der Waals surface area contributed by atoms with Crippen molar-refractivity contribution >= 4 is 33.6 Å². The Balaban J connectivity index is 1.01. The molecule has 1 unspecified atom stereocenters. The van der Waals surface area contributed by atoms with Gasteiger partial charge < -0.3 is 9.47 Å². The first-order chi connectivity index (χ1) is 45.3. The van der Waals surface area contributed by atoms with Crippen LogP contribution in [0.25, 0.3) is 112 Å². The number of fused-ring (bicyclic) bond motifs is 3. The highest BCUT2D eigenvalue weighted by Crippen LogP contribution is 2.45. The number of aryl methyl sites for hydroxylation is 4. The Bertz CT molecular complexity index is 4790. The fraction of sp³-hybridized carbons (Fsp3) is 0.126. The zero-order chi connectivity index (χ0) is 64.1. The molecule has 6 nitrogen and oxygen atoms in total. The minimum atomic E-state index is 0.105. The lowest BCUT2D eigenvalue weighted by atomic mass is 9.78. The van der Waals surface area contributed by atoms with Gasteiger partial charge in [-0.1, -0.05) is 249 Å². The average Bonchev–Trinajstić information content (AvgIpc) is 1.62. The number of aromatic nitrogens is 4. The van der Waals surface area contributed by atoms with Gasteiger partial charge in [-0.3, -0.25) is 0 Å². The maximum Gasteiger partial charge on any atom is 0.164 e.